The Kier molecular flexibility index (Phi) is 7.37. The van der Waals surface area contributed by atoms with Gasteiger partial charge in [0.05, 0.1) is 22.8 Å². The van der Waals surface area contributed by atoms with E-state index in [9.17, 15) is 4.79 Å². The normalized spacial score (nSPS) is 34.2. The standard InChI is InChI=1S/C8H15NO2S.C7H15NS/c1-3-11-7(10)6-8(2)9-4-5-12-8;1-5-6(2)9-7(3,4)8-5/h9H,3-6H2,1-2H3;5-6,8H,1-4H3. The van der Waals surface area contributed by atoms with E-state index in [4.69, 9.17) is 4.74 Å². The Labute approximate surface area is 137 Å². The molecule has 0 aromatic carbocycles. The molecule has 2 saturated heterocycles. The molecule has 21 heavy (non-hydrogen) atoms. The second-order valence-electron chi connectivity index (χ2n) is 6.25. The molecule has 124 valence electrons. The molecule has 2 heterocycles. The lowest BCUT2D eigenvalue weighted by Gasteiger charge is -2.21. The summed E-state index contributed by atoms with van der Waals surface area (Å²) in [5, 5.41) is 7.55. The van der Waals surface area contributed by atoms with Gasteiger partial charge in [0, 0.05) is 23.6 Å². The van der Waals surface area contributed by atoms with Crippen molar-refractivity contribution >= 4 is 29.5 Å². The van der Waals surface area contributed by atoms with E-state index in [1.54, 1.807) is 11.8 Å². The van der Waals surface area contributed by atoms with Crippen LogP contribution in [0.5, 0.6) is 0 Å². The fourth-order valence-corrected chi connectivity index (χ4v) is 5.04. The molecule has 2 aliphatic heterocycles. The van der Waals surface area contributed by atoms with Gasteiger partial charge >= 0.3 is 5.97 Å². The van der Waals surface area contributed by atoms with E-state index >= 15 is 0 Å². The molecule has 0 bridgehead atoms. The number of hydrogen-bond donors (Lipinski definition) is 2. The Morgan fingerprint density at radius 3 is 2.33 bits per heavy atom. The van der Waals surface area contributed by atoms with Crippen molar-refractivity contribution in [2.75, 3.05) is 18.9 Å². The molecule has 2 rings (SSSR count). The third-order valence-corrected chi connectivity index (χ3v) is 6.39. The average Bonchev–Trinajstić information content (AvgIpc) is 2.84. The molecular formula is C15H30N2O2S2. The van der Waals surface area contributed by atoms with Crippen molar-refractivity contribution in [2.24, 2.45) is 0 Å². The molecule has 2 aliphatic rings. The van der Waals surface area contributed by atoms with Crippen molar-refractivity contribution in [3.8, 4) is 0 Å². The predicted octanol–water partition coefficient (Wildman–Crippen LogP) is 2.83. The van der Waals surface area contributed by atoms with E-state index < -0.39 is 0 Å². The SMILES string of the molecule is CC1NC(C)(C)SC1C.CCOC(=O)CC1(C)NCCS1. The van der Waals surface area contributed by atoms with Gasteiger partial charge in [-0.25, -0.2) is 0 Å². The van der Waals surface area contributed by atoms with Crippen LogP contribution in [0.15, 0.2) is 0 Å². The number of carbonyl (C=O) groups excluding carboxylic acids is 1. The summed E-state index contributed by atoms with van der Waals surface area (Å²) in [6, 6.07) is 0.671. The monoisotopic (exact) mass is 334 g/mol. The van der Waals surface area contributed by atoms with Crippen LogP contribution in [-0.4, -0.2) is 45.9 Å². The molecule has 0 aliphatic carbocycles. The molecule has 0 aromatic rings. The molecule has 0 spiro atoms. The highest BCUT2D eigenvalue weighted by Gasteiger charge is 2.33. The highest BCUT2D eigenvalue weighted by Crippen LogP contribution is 2.34. The van der Waals surface area contributed by atoms with Crippen LogP contribution < -0.4 is 10.6 Å². The second-order valence-corrected chi connectivity index (χ2v) is 9.85. The van der Waals surface area contributed by atoms with Gasteiger partial charge in [0.2, 0.25) is 0 Å². The van der Waals surface area contributed by atoms with Crippen molar-refractivity contribution in [2.45, 2.75) is 69.0 Å². The van der Waals surface area contributed by atoms with Gasteiger partial charge in [0.1, 0.15) is 0 Å². The number of rotatable bonds is 3. The van der Waals surface area contributed by atoms with Crippen molar-refractivity contribution in [1.82, 2.24) is 10.6 Å². The first-order valence-electron chi connectivity index (χ1n) is 7.67. The number of hydrogen-bond acceptors (Lipinski definition) is 6. The molecule has 0 radical (unpaired) electrons. The maximum absolute atomic E-state index is 11.1. The minimum Gasteiger partial charge on any atom is -0.466 e. The number of ether oxygens (including phenoxy) is 1. The summed E-state index contributed by atoms with van der Waals surface area (Å²) < 4.78 is 4.88. The average molecular weight is 335 g/mol. The van der Waals surface area contributed by atoms with E-state index in [1.807, 2.05) is 25.6 Å². The van der Waals surface area contributed by atoms with Crippen LogP contribution >= 0.6 is 23.5 Å². The van der Waals surface area contributed by atoms with Gasteiger partial charge in [-0.3, -0.25) is 10.1 Å². The van der Waals surface area contributed by atoms with Crippen LogP contribution in [0.3, 0.4) is 0 Å². The van der Waals surface area contributed by atoms with Gasteiger partial charge in [0.15, 0.2) is 0 Å². The molecule has 3 atom stereocenters. The minimum absolute atomic E-state index is 0.0910. The summed E-state index contributed by atoms with van der Waals surface area (Å²) in [5.41, 5.74) is 0. The maximum atomic E-state index is 11.1. The quantitative estimate of drug-likeness (QED) is 0.774. The largest absolute Gasteiger partial charge is 0.466 e. The molecular weight excluding hydrogens is 304 g/mol. The van der Waals surface area contributed by atoms with Gasteiger partial charge in [-0.05, 0) is 34.6 Å². The van der Waals surface area contributed by atoms with Crippen LogP contribution in [0.4, 0.5) is 0 Å². The van der Waals surface area contributed by atoms with Gasteiger partial charge in [-0.2, -0.15) is 0 Å². The molecule has 4 nitrogen and oxygen atoms in total. The summed E-state index contributed by atoms with van der Waals surface area (Å²) in [6.45, 7) is 14.3. The fourth-order valence-electron chi connectivity index (χ4n) is 2.51. The van der Waals surface area contributed by atoms with Crippen molar-refractivity contribution in [3.63, 3.8) is 0 Å². The van der Waals surface area contributed by atoms with Crippen molar-refractivity contribution in [3.05, 3.63) is 0 Å². The number of esters is 1. The van der Waals surface area contributed by atoms with E-state index in [0.717, 1.165) is 17.5 Å². The Morgan fingerprint density at radius 2 is 2.00 bits per heavy atom. The highest BCUT2D eigenvalue weighted by atomic mass is 32.2. The topological polar surface area (TPSA) is 50.4 Å². The summed E-state index contributed by atoms with van der Waals surface area (Å²) in [5.74, 6) is 0.970. The maximum Gasteiger partial charge on any atom is 0.308 e. The van der Waals surface area contributed by atoms with Gasteiger partial charge in [-0.15, -0.1) is 23.5 Å². The van der Waals surface area contributed by atoms with E-state index in [-0.39, 0.29) is 10.8 Å². The van der Waals surface area contributed by atoms with Crippen LogP contribution in [-0.2, 0) is 9.53 Å². The molecule has 3 unspecified atom stereocenters. The smallest absolute Gasteiger partial charge is 0.308 e. The van der Waals surface area contributed by atoms with E-state index in [1.165, 1.54) is 0 Å². The molecule has 2 fully saturated rings. The lowest BCUT2D eigenvalue weighted by atomic mass is 10.2. The van der Waals surface area contributed by atoms with Crippen LogP contribution in [0.1, 0.15) is 48.0 Å². The summed E-state index contributed by atoms with van der Waals surface area (Å²) in [4.78, 5) is 11.3. The van der Waals surface area contributed by atoms with Gasteiger partial charge in [0.25, 0.3) is 0 Å². The highest BCUT2D eigenvalue weighted by molar-refractivity contribution is 8.01. The van der Waals surface area contributed by atoms with Crippen LogP contribution in [0.25, 0.3) is 0 Å². The summed E-state index contributed by atoms with van der Waals surface area (Å²) in [6.07, 6.45) is 0.464. The van der Waals surface area contributed by atoms with Crippen LogP contribution in [0.2, 0.25) is 0 Å². The van der Waals surface area contributed by atoms with Crippen molar-refractivity contribution < 1.29 is 9.53 Å². The lowest BCUT2D eigenvalue weighted by Crippen LogP contribution is -2.36. The predicted molar refractivity (Wildman–Crippen MR) is 93.8 cm³/mol. The molecule has 0 aromatic heterocycles. The Bertz CT molecular complexity index is 333. The van der Waals surface area contributed by atoms with Gasteiger partial charge < -0.3 is 10.1 Å². The van der Waals surface area contributed by atoms with E-state index in [2.05, 4.69) is 38.3 Å². The molecule has 0 saturated carbocycles. The number of nitrogens with one attached hydrogen (secondary N) is 2. The number of thioether (sulfide) groups is 2. The third kappa shape index (κ3) is 6.80. The van der Waals surface area contributed by atoms with Crippen LogP contribution in [0, 0.1) is 0 Å². The first-order valence-corrected chi connectivity index (χ1v) is 9.54. The van der Waals surface area contributed by atoms with E-state index in [0.29, 0.717) is 23.9 Å². The van der Waals surface area contributed by atoms with Crippen molar-refractivity contribution in [1.29, 1.82) is 0 Å². The molecule has 2 N–H and O–H groups in total. The Morgan fingerprint density at radius 1 is 1.33 bits per heavy atom. The number of carbonyl (C=O) groups is 1. The zero-order chi connectivity index (χ0) is 16.1. The lowest BCUT2D eigenvalue weighted by molar-refractivity contribution is -0.143. The fraction of sp³-hybridized carbons (Fsp3) is 0.933. The van der Waals surface area contributed by atoms with Gasteiger partial charge in [-0.1, -0.05) is 6.92 Å². The third-order valence-electron chi connectivity index (χ3n) is 3.57. The Hall–Kier alpha value is 0.0900. The molecule has 0 amide bonds. The second kappa shape index (κ2) is 8.09. The zero-order valence-corrected chi connectivity index (χ0v) is 15.7. The minimum atomic E-state index is -0.109. The zero-order valence-electron chi connectivity index (χ0n) is 14.1. The first kappa shape index (κ1) is 19.1. The summed E-state index contributed by atoms with van der Waals surface area (Å²) >= 11 is 3.81. The Balaban J connectivity index is 0.000000219. The molecule has 6 heteroatoms. The summed E-state index contributed by atoms with van der Waals surface area (Å²) in [7, 11) is 0. The first-order chi connectivity index (χ1) is 9.67.